The third-order valence-corrected chi connectivity index (χ3v) is 3.18. The van der Waals surface area contributed by atoms with Gasteiger partial charge in [0.2, 0.25) is 0 Å². The molecule has 1 aromatic carbocycles. The van der Waals surface area contributed by atoms with Crippen molar-refractivity contribution < 1.29 is 23.2 Å². The maximum Gasteiger partial charge on any atom is 0.298 e. The van der Waals surface area contributed by atoms with Gasteiger partial charge in [0.25, 0.3) is 10.1 Å². The smallest absolute Gasteiger partial charge is 0.298 e. The third-order valence-electron chi connectivity index (χ3n) is 2.30. The summed E-state index contributed by atoms with van der Waals surface area (Å²) in [6.07, 6.45) is 0. The number of rotatable bonds is 3. The molecule has 0 saturated carbocycles. The Kier molecular flexibility index (Phi) is 6.67. The molecule has 3 N–H and O–H groups in total. The van der Waals surface area contributed by atoms with Crippen LogP contribution in [0.15, 0.2) is 23.1 Å². The number of benzene rings is 1. The first-order valence-corrected chi connectivity index (χ1v) is 6.84. The summed E-state index contributed by atoms with van der Waals surface area (Å²) in [5.74, 6) is -0.948. The maximum atomic E-state index is 10.5. The van der Waals surface area contributed by atoms with E-state index in [2.05, 4.69) is 25.8 Å². The standard InChI is InChI=1S/C6H6O5S.C5H13N/c7-4-1-2-5(8)6(3-4)12(9,10)11;1-4-6(3)5-2/h1-3,7-8H,(H,9,10,11);4-5H2,1-3H3. The first-order valence-electron chi connectivity index (χ1n) is 5.40. The summed E-state index contributed by atoms with van der Waals surface area (Å²) in [5, 5.41) is 17.7. The Morgan fingerprint density at radius 3 is 1.94 bits per heavy atom. The van der Waals surface area contributed by atoms with Crippen LogP contribution in [-0.2, 0) is 10.1 Å². The van der Waals surface area contributed by atoms with Crippen molar-refractivity contribution in [3.63, 3.8) is 0 Å². The van der Waals surface area contributed by atoms with E-state index in [4.69, 9.17) is 14.8 Å². The lowest BCUT2D eigenvalue weighted by Crippen LogP contribution is -2.15. The van der Waals surface area contributed by atoms with E-state index in [1.54, 1.807) is 0 Å². The van der Waals surface area contributed by atoms with Crippen LogP contribution in [0.25, 0.3) is 0 Å². The van der Waals surface area contributed by atoms with E-state index in [-0.39, 0.29) is 5.75 Å². The van der Waals surface area contributed by atoms with Gasteiger partial charge < -0.3 is 15.1 Å². The van der Waals surface area contributed by atoms with Crippen molar-refractivity contribution in [2.45, 2.75) is 18.7 Å². The Hall–Kier alpha value is -1.31. The van der Waals surface area contributed by atoms with Crippen LogP contribution in [0.4, 0.5) is 0 Å². The van der Waals surface area contributed by atoms with E-state index in [0.29, 0.717) is 0 Å². The molecule has 104 valence electrons. The van der Waals surface area contributed by atoms with Gasteiger partial charge in [0.1, 0.15) is 16.4 Å². The number of aromatic hydroxyl groups is 2. The zero-order valence-electron chi connectivity index (χ0n) is 10.7. The highest BCUT2D eigenvalue weighted by atomic mass is 32.2. The molecule has 0 aliphatic rings. The Balaban J connectivity index is 0.000000411. The molecule has 0 spiro atoms. The minimum Gasteiger partial charge on any atom is -0.508 e. The molecule has 0 amide bonds. The fraction of sp³-hybridized carbons (Fsp3) is 0.455. The van der Waals surface area contributed by atoms with Crippen molar-refractivity contribution in [2.24, 2.45) is 0 Å². The SMILES string of the molecule is CCN(C)CC.O=S(=O)(O)c1cc(O)ccc1O. The number of phenolic OH excluding ortho intramolecular Hbond substituents is 2. The topological polar surface area (TPSA) is 98.1 Å². The van der Waals surface area contributed by atoms with Crippen LogP contribution in [0.2, 0.25) is 0 Å². The minimum atomic E-state index is -4.47. The third kappa shape index (κ3) is 5.85. The van der Waals surface area contributed by atoms with Gasteiger partial charge in [-0.1, -0.05) is 13.8 Å². The minimum absolute atomic E-state index is 0.347. The highest BCUT2D eigenvalue weighted by Crippen LogP contribution is 2.25. The van der Waals surface area contributed by atoms with Crippen LogP contribution in [0, 0.1) is 0 Å². The molecule has 0 fully saturated rings. The Bertz CT molecular complexity index is 468. The van der Waals surface area contributed by atoms with Gasteiger partial charge in [0.05, 0.1) is 0 Å². The molecular weight excluding hydrogens is 258 g/mol. The first kappa shape index (κ1) is 16.7. The maximum absolute atomic E-state index is 10.5. The van der Waals surface area contributed by atoms with E-state index in [1.165, 1.54) is 0 Å². The van der Waals surface area contributed by atoms with Crippen LogP contribution in [0.5, 0.6) is 11.5 Å². The van der Waals surface area contributed by atoms with Crippen LogP contribution in [0.1, 0.15) is 13.8 Å². The highest BCUT2D eigenvalue weighted by molar-refractivity contribution is 7.86. The molecule has 0 aliphatic heterocycles. The van der Waals surface area contributed by atoms with Crippen LogP contribution in [0.3, 0.4) is 0 Å². The number of phenols is 2. The van der Waals surface area contributed by atoms with Crippen molar-refractivity contribution in [1.82, 2.24) is 4.90 Å². The molecule has 0 radical (unpaired) electrons. The number of hydrogen-bond acceptors (Lipinski definition) is 5. The second-order valence-corrected chi connectivity index (χ2v) is 5.01. The predicted molar refractivity (Wildman–Crippen MR) is 68.4 cm³/mol. The molecule has 0 heterocycles. The monoisotopic (exact) mass is 277 g/mol. The summed E-state index contributed by atoms with van der Waals surface area (Å²) in [6.45, 7) is 6.64. The van der Waals surface area contributed by atoms with E-state index in [0.717, 1.165) is 31.3 Å². The Morgan fingerprint density at radius 2 is 1.67 bits per heavy atom. The van der Waals surface area contributed by atoms with Gasteiger partial charge in [-0.05, 0) is 32.3 Å². The van der Waals surface area contributed by atoms with E-state index < -0.39 is 20.8 Å². The molecule has 0 aliphatic carbocycles. The normalized spacial score (nSPS) is 10.9. The van der Waals surface area contributed by atoms with Crippen LogP contribution in [-0.4, -0.2) is 48.2 Å². The first-order chi connectivity index (χ1) is 8.22. The summed E-state index contributed by atoms with van der Waals surface area (Å²) in [6, 6.07) is 2.83. The van der Waals surface area contributed by atoms with Gasteiger partial charge in [-0.2, -0.15) is 8.42 Å². The molecule has 0 atom stereocenters. The molecule has 1 rings (SSSR count). The molecular formula is C11H19NO5S. The Labute approximate surface area is 107 Å². The van der Waals surface area contributed by atoms with E-state index in [9.17, 15) is 8.42 Å². The average Bonchev–Trinajstić information content (AvgIpc) is 2.30. The van der Waals surface area contributed by atoms with Gasteiger partial charge in [0, 0.05) is 6.07 Å². The molecule has 0 bridgehead atoms. The van der Waals surface area contributed by atoms with Crippen LogP contribution >= 0.6 is 0 Å². The summed E-state index contributed by atoms with van der Waals surface area (Å²) in [4.78, 5) is 1.54. The Morgan fingerprint density at radius 1 is 1.17 bits per heavy atom. The molecule has 18 heavy (non-hydrogen) atoms. The van der Waals surface area contributed by atoms with Crippen molar-refractivity contribution in [2.75, 3.05) is 20.1 Å². The molecule has 6 nitrogen and oxygen atoms in total. The zero-order valence-corrected chi connectivity index (χ0v) is 11.5. The largest absolute Gasteiger partial charge is 0.508 e. The van der Waals surface area contributed by atoms with Gasteiger partial charge in [-0.25, -0.2) is 0 Å². The highest BCUT2D eigenvalue weighted by Gasteiger charge is 2.15. The summed E-state index contributed by atoms with van der Waals surface area (Å²) in [5.41, 5.74) is 0. The average molecular weight is 277 g/mol. The van der Waals surface area contributed by atoms with E-state index in [1.807, 2.05) is 0 Å². The fourth-order valence-corrected chi connectivity index (χ4v) is 1.54. The predicted octanol–water partition coefficient (Wildman–Crippen LogP) is 1.30. The summed E-state index contributed by atoms with van der Waals surface area (Å²) in [7, 11) is -2.35. The molecule has 7 heteroatoms. The molecule has 0 saturated heterocycles. The number of hydrogen-bond donors (Lipinski definition) is 3. The summed E-state index contributed by atoms with van der Waals surface area (Å²) < 4.78 is 29.5. The van der Waals surface area contributed by atoms with Gasteiger partial charge in [-0.15, -0.1) is 0 Å². The van der Waals surface area contributed by atoms with Gasteiger partial charge in [-0.3, -0.25) is 4.55 Å². The molecule has 0 aromatic heterocycles. The van der Waals surface area contributed by atoms with Gasteiger partial charge >= 0.3 is 0 Å². The zero-order chi connectivity index (χ0) is 14.3. The fourth-order valence-electron chi connectivity index (χ4n) is 0.933. The van der Waals surface area contributed by atoms with Crippen molar-refractivity contribution in [1.29, 1.82) is 0 Å². The van der Waals surface area contributed by atoms with Gasteiger partial charge in [0.15, 0.2) is 0 Å². The second kappa shape index (κ2) is 7.20. The van der Waals surface area contributed by atoms with E-state index >= 15 is 0 Å². The quantitative estimate of drug-likeness (QED) is 0.569. The van der Waals surface area contributed by atoms with Crippen LogP contribution < -0.4 is 0 Å². The molecule has 0 unspecified atom stereocenters. The number of nitrogens with zero attached hydrogens (tertiary/aromatic N) is 1. The molecule has 1 aromatic rings. The van der Waals surface area contributed by atoms with Crippen molar-refractivity contribution in [3.05, 3.63) is 18.2 Å². The lowest BCUT2D eigenvalue weighted by Gasteiger charge is -2.07. The second-order valence-electron chi connectivity index (χ2n) is 3.62. The lowest BCUT2D eigenvalue weighted by molar-refractivity contribution is 0.373. The lowest BCUT2D eigenvalue weighted by atomic mass is 10.3. The summed E-state index contributed by atoms with van der Waals surface area (Å²) >= 11 is 0. The van der Waals surface area contributed by atoms with Crippen molar-refractivity contribution in [3.8, 4) is 11.5 Å². The van der Waals surface area contributed by atoms with Crippen molar-refractivity contribution >= 4 is 10.1 Å².